The van der Waals surface area contributed by atoms with Crippen molar-refractivity contribution in [1.82, 2.24) is 9.62 Å². The molecule has 1 heterocycles. The predicted molar refractivity (Wildman–Crippen MR) is 68.7 cm³/mol. The molecule has 1 rings (SSSR count). The molecule has 6 nitrogen and oxygen atoms in total. The number of nitrogens with zero attached hydrogens (tertiary/aromatic N) is 1. The molecule has 0 bridgehead atoms. The average Bonchev–Trinajstić information content (AvgIpc) is 2.37. The summed E-state index contributed by atoms with van der Waals surface area (Å²) in [4.78, 5) is 11.5. The maximum absolute atomic E-state index is 11.9. The van der Waals surface area contributed by atoms with Gasteiger partial charge in [-0.15, -0.1) is 0 Å². The maximum atomic E-state index is 11.9. The van der Waals surface area contributed by atoms with Gasteiger partial charge in [0.1, 0.15) is 0 Å². The van der Waals surface area contributed by atoms with Gasteiger partial charge in [-0.2, -0.15) is 4.31 Å². The molecule has 18 heavy (non-hydrogen) atoms. The number of carbonyl (C=O) groups excluding carboxylic acids is 1. The Morgan fingerprint density at radius 2 is 2.00 bits per heavy atom. The second-order valence-corrected chi connectivity index (χ2v) is 6.54. The van der Waals surface area contributed by atoms with Gasteiger partial charge in [0.05, 0.1) is 19.0 Å². The summed E-state index contributed by atoms with van der Waals surface area (Å²) in [6, 6.07) is 0.0867. The van der Waals surface area contributed by atoms with Crippen LogP contribution in [0.4, 0.5) is 0 Å². The second-order valence-electron chi connectivity index (χ2n) is 4.45. The van der Waals surface area contributed by atoms with Crippen molar-refractivity contribution in [2.75, 3.05) is 32.1 Å². The summed E-state index contributed by atoms with van der Waals surface area (Å²) in [5, 5.41) is 2.76. The lowest BCUT2D eigenvalue weighted by Gasteiger charge is -2.26. The summed E-state index contributed by atoms with van der Waals surface area (Å²) < 4.78 is 30.4. The van der Waals surface area contributed by atoms with Crippen molar-refractivity contribution in [1.29, 1.82) is 0 Å². The van der Waals surface area contributed by atoms with Crippen LogP contribution in [0.15, 0.2) is 0 Å². The summed E-state index contributed by atoms with van der Waals surface area (Å²) in [5.41, 5.74) is 0. The quantitative estimate of drug-likeness (QED) is 0.739. The lowest BCUT2D eigenvalue weighted by atomic mass is 10.2. The molecule has 7 heteroatoms. The van der Waals surface area contributed by atoms with Crippen molar-refractivity contribution in [3.63, 3.8) is 0 Å². The van der Waals surface area contributed by atoms with E-state index in [0.717, 1.165) is 6.42 Å². The smallest absolute Gasteiger partial charge is 0.221 e. The number of ether oxygens (including phenoxy) is 1. The number of nitrogens with one attached hydrogen (secondary N) is 1. The van der Waals surface area contributed by atoms with Gasteiger partial charge in [-0.05, 0) is 13.3 Å². The molecular weight excluding hydrogens is 256 g/mol. The number of sulfonamides is 1. The van der Waals surface area contributed by atoms with Crippen LogP contribution < -0.4 is 5.32 Å². The minimum absolute atomic E-state index is 0.0179. The van der Waals surface area contributed by atoms with Crippen LogP contribution in [0.5, 0.6) is 0 Å². The molecular formula is C11H22N2O4S. The van der Waals surface area contributed by atoms with Gasteiger partial charge in [-0.1, -0.05) is 6.92 Å². The largest absolute Gasteiger partial charge is 0.379 e. The highest BCUT2D eigenvalue weighted by Crippen LogP contribution is 2.07. The van der Waals surface area contributed by atoms with E-state index in [0.29, 0.717) is 26.3 Å². The van der Waals surface area contributed by atoms with E-state index in [1.807, 2.05) is 13.8 Å². The summed E-state index contributed by atoms with van der Waals surface area (Å²) >= 11 is 0. The van der Waals surface area contributed by atoms with E-state index in [9.17, 15) is 13.2 Å². The minimum Gasteiger partial charge on any atom is -0.379 e. The summed E-state index contributed by atoms with van der Waals surface area (Å²) in [5.74, 6) is -0.337. The molecule has 1 saturated heterocycles. The first kappa shape index (κ1) is 15.4. The Morgan fingerprint density at radius 1 is 1.39 bits per heavy atom. The van der Waals surface area contributed by atoms with Gasteiger partial charge in [0.2, 0.25) is 15.9 Å². The van der Waals surface area contributed by atoms with Crippen molar-refractivity contribution in [3.8, 4) is 0 Å². The fraction of sp³-hybridized carbons (Fsp3) is 0.909. The molecule has 0 aromatic heterocycles. The average molecular weight is 278 g/mol. The molecule has 0 aromatic rings. The number of rotatable bonds is 6. The van der Waals surface area contributed by atoms with Crippen molar-refractivity contribution in [3.05, 3.63) is 0 Å². The number of morpholine rings is 1. The molecule has 1 atom stereocenters. The lowest BCUT2D eigenvalue weighted by Crippen LogP contribution is -2.42. The first-order valence-electron chi connectivity index (χ1n) is 6.30. The summed E-state index contributed by atoms with van der Waals surface area (Å²) in [7, 11) is -3.33. The van der Waals surface area contributed by atoms with Crippen molar-refractivity contribution >= 4 is 15.9 Å². The van der Waals surface area contributed by atoms with E-state index in [1.165, 1.54) is 4.31 Å². The van der Waals surface area contributed by atoms with Gasteiger partial charge in [0.25, 0.3) is 0 Å². The molecule has 1 N–H and O–H groups in total. The highest BCUT2D eigenvalue weighted by atomic mass is 32.2. The van der Waals surface area contributed by atoms with Gasteiger partial charge in [-0.25, -0.2) is 8.42 Å². The number of hydrogen-bond acceptors (Lipinski definition) is 4. The maximum Gasteiger partial charge on any atom is 0.221 e. The first-order valence-corrected chi connectivity index (χ1v) is 7.91. The van der Waals surface area contributed by atoms with Crippen LogP contribution in [0.25, 0.3) is 0 Å². The molecule has 1 aliphatic rings. The standard InChI is InChI=1S/C11H22N2O4S/c1-3-10(2)12-11(14)4-9-18(15,16)13-5-7-17-8-6-13/h10H,3-9H2,1-2H3,(H,12,14). The fourth-order valence-electron chi connectivity index (χ4n) is 1.62. The Kier molecular flexibility index (Phi) is 6.04. The van der Waals surface area contributed by atoms with Crippen LogP contribution in [-0.2, 0) is 19.6 Å². The molecule has 1 fully saturated rings. The van der Waals surface area contributed by atoms with Gasteiger partial charge < -0.3 is 10.1 Å². The monoisotopic (exact) mass is 278 g/mol. The zero-order valence-corrected chi connectivity index (χ0v) is 11.8. The molecule has 1 aliphatic heterocycles. The van der Waals surface area contributed by atoms with Crippen LogP contribution in [0.1, 0.15) is 26.7 Å². The van der Waals surface area contributed by atoms with Crippen LogP contribution in [-0.4, -0.2) is 56.7 Å². The third-order valence-electron chi connectivity index (χ3n) is 2.97. The normalized spacial score (nSPS) is 19.4. The molecule has 106 valence electrons. The third kappa shape index (κ3) is 4.91. The van der Waals surface area contributed by atoms with E-state index in [2.05, 4.69) is 5.32 Å². The van der Waals surface area contributed by atoms with E-state index < -0.39 is 10.0 Å². The number of amides is 1. The number of hydrogen-bond donors (Lipinski definition) is 1. The topological polar surface area (TPSA) is 75.7 Å². The zero-order valence-electron chi connectivity index (χ0n) is 11.0. The zero-order chi connectivity index (χ0) is 13.6. The van der Waals surface area contributed by atoms with Crippen molar-refractivity contribution in [2.45, 2.75) is 32.7 Å². The minimum atomic E-state index is -3.33. The highest BCUT2D eigenvalue weighted by Gasteiger charge is 2.24. The van der Waals surface area contributed by atoms with Crippen LogP contribution in [0.3, 0.4) is 0 Å². The first-order chi connectivity index (χ1) is 8.45. The second kappa shape index (κ2) is 7.06. The van der Waals surface area contributed by atoms with Crippen molar-refractivity contribution in [2.24, 2.45) is 0 Å². The summed E-state index contributed by atoms with van der Waals surface area (Å²) in [6.45, 7) is 5.49. The van der Waals surface area contributed by atoms with Gasteiger partial charge in [-0.3, -0.25) is 4.79 Å². The van der Waals surface area contributed by atoms with E-state index in [1.54, 1.807) is 0 Å². The van der Waals surface area contributed by atoms with Gasteiger partial charge in [0, 0.05) is 25.6 Å². The van der Waals surface area contributed by atoms with E-state index >= 15 is 0 Å². The SMILES string of the molecule is CCC(C)NC(=O)CCS(=O)(=O)N1CCOCC1. The van der Waals surface area contributed by atoms with Gasteiger partial charge >= 0.3 is 0 Å². The molecule has 0 aliphatic carbocycles. The Hall–Kier alpha value is -0.660. The Bertz CT molecular complexity index is 363. The molecule has 1 amide bonds. The van der Waals surface area contributed by atoms with Crippen LogP contribution in [0, 0.1) is 0 Å². The third-order valence-corrected chi connectivity index (χ3v) is 4.84. The summed E-state index contributed by atoms with van der Waals surface area (Å²) in [6.07, 6.45) is 0.853. The fourth-order valence-corrected chi connectivity index (χ4v) is 3.03. The van der Waals surface area contributed by atoms with Crippen LogP contribution in [0.2, 0.25) is 0 Å². The van der Waals surface area contributed by atoms with Gasteiger partial charge in [0.15, 0.2) is 0 Å². The molecule has 0 radical (unpaired) electrons. The Morgan fingerprint density at radius 3 is 2.56 bits per heavy atom. The molecule has 0 spiro atoms. The Labute approximate surface area is 109 Å². The van der Waals surface area contributed by atoms with Crippen LogP contribution >= 0.6 is 0 Å². The lowest BCUT2D eigenvalue weighted by molar-refractivity contribution is -0.121. The predicted octanol–water partition coefficient (Wildman–Crippen LogP) is -0.0468. The molecule has 0 aromatic carbocycles. The van der Waals surface area contributed by atoms with E-state index in [4.69, 9.17) is 4.74 Å². The molecule has 0 saturated carbocycles. The van der Waals surface area contributed by atoms with E-state index in [-0.39, 0.29) is 24.1 Å². The molecule has 1 unspecified atom stereocenters. The number of carbonyl (C=O) groups is 1. The highest BCUT2D eigenvalue weighted by molar-refractivity contribution is 7.89. The van der Waals surface area contributed by atoms with Crippen molar-refractivity contribution < 1.29 is 17.9 Å². The Balaban J connectivity index is 2.39.